The molecule has 190 valence electrons. The lowest BCUT2D eigenvalue weighted by molar-refractivity contribution is -0.607. The van der Waals surface area contributed by atoms with Gasteiger partial charge in [0.25, 0.3) is 11.6 Å². The monoisotopic (exact) mass is 503 g/mol. The molecule has 2 aromatic rings. The predicted molar refractivity (Wildman–Crippen MR) is 111 cm³/mol. The number of nitrogens with zero attached hydrogens (tertiary/aromatic N) is 1. The van der Waals surface area contributed by atoms with E-state index in [4.69, 9.17) is 15.2 Å². The molecule has 0 unspecified atom stereocenters. The van der Waals surface area contributed by atoms with Gasteiger partial charge in [0, 0.05) is 29.5 Å². The lowest BCUT2D eigenvalue weighted by atomic mass is 9.77. The molecule has 0 spiro atoms. The van der Waals surface area contributed by atoms with E-state index in [0.29, 0.717) is 0 Å². The number of rotatable bonds is 6. The molecule has 0 saturated carbocycles. The fourth-order valence-corrected chi connectivity index (χ4v) is 4.08. The highest BCUT2D eigenvalue weighted by atomic mass is 19.4. The molecule has 3 N–H and O–H groups in total. The maximum atomic E-state index is 14.5. The van der Waals surface area contributed by atoms with E-state index in [1.807, 2.05) is 0 Å². The number of carbonyl (C=O) groups excluding carboxylic acids is 2. The summed E-state index contributed by atoms with van der Waals surface area (Å²) in [5.41, 5.74) is 1.44. The van der Waals surface area contributed by atoms with Crippen LogP contribution < -0.4 is 20.5 Å². The van der Waals surface area contributed by atoms with Gasteiger partial charge in [-0.1, -0.05) is 13.0 Å². The number of benzene rings is 1. The van der Waals surface area contributed by atoms with Crippen LogP contribution in [0.5, 0.6) is 5.75 Å². The number of aromatic nitrogens is 1. The third-order valence-electron chi connectivity index (χ3n) is 6.09. The molecule has 3 rings (SSSR count). The van der Waals surface area contributed by atoms with Crippen LogP contribution >= 0.6 is 0 Å². The molecular weight excluding hydrogens is 481 g/mol. The zero-order valence-electron chi connectivity index (χ0n) is 18.8. The fourth-order valence-electron chi connectivity index (χ4n) is 4.08. The summed E-state index contributed by atoms with van der Waals surface area (Å²) in [6, 6.07) is 3.80. The number of amides is 2. The fraction of sp³-hybridized carbons (Fsp3) is 0.409. The van der Waals surface area contributed by atoms with E-state index in [2.05, 4.69) is 5.32 Å². The number of nitrogens with two attached hydrogens (primary N) is 1. The standard InChI is InChI=1S/C22H22F5N3O5/c1-4-34-17-12(5-6-13(23)16(17)24)15-10(2)21(3,22(25,26)27)35-18(15)20(32)29-11-7-8-30(33)14(9-11)19(28)31/h5-10,15,18H,4H2,1-3H3,(H2,28,31)(H,29,32)/t10-,15+,18-,21+/m0/s1. The minimum absolute atomic E-state index is 0.123. The minimum atomic E-state index is -4.93. The Morgan fingerprint density at radius 1 is 1.29 bits per heavy atom. The number of hydrogen-bond acceptors (Lipinski definition) is 5. The Balaban J connectivity index is 2.09. The second-order valence-electron chi connectivity index (χ2n) is 8.15. The average molecular weight is 503 g/mol. The highest BCUT2D eigenvalue weighted by molar-refractivity contribution is 5.97. The predicted octanol–water partition coefficient (Wildman–Crippen LogP) is 3.17. The first-order chi connectivity index (χ1) is 16.2. The summed E-state index contributed by atoms with van der Waals surface area (Å²) in [7, 11) is 0. The Kier molecular flexibility index (Phi) is 6.93. The minimum Gasteiger partial charge on any atom is -0.618 e. The van der Waals surface area contributed by atoms with Crippen LogP contribution in [-0.2, 0) is 9.53 Å². The molecule has 1 aliphatic heterocycles. The summed E-state index contributed by atoms with van der Waals surface area (Å²) in [6.45, 7) is 3.28. The second-order valence-corrected chi connectivity index (χ2v) is 8.15. The third-order valence-corrected chi connectivity index (χ3v) is 6.09. The maximum absolute atomic E-state index is 14.5. The molecule has 0 aliphatic carbocycles. The van der Waals surface area contributed by atoms with Gasteiger partial charge in [-0.25, -0.2) is 4.39 Å². The zero-order valence-corrected chi connectivity index (χ0v) is 18.8. The van der Waals surface area contributed by atoms with Crippen molar-refractivity contribution in [3.8, 4) is 5.75 Å². The van der Waals surface area contributed by atoms with Crippen molar-refractivity contribution in [2.24, 2.45) is 11.7 Å². The van der Waals surface area contributed by atoms with Crippen molar-refractivity contribution in [2.75, 3.05) is 11.9 Å². The molecule has 1 aliphatic rings. The smallest absolute Gasteiger partial charge is 0.417 e. The van der Waals surface area contributed by atoms with Gasteiger partial charge in [-0.2, -0.15) is 22.3 Å². The molecule has 1 saturated heterocycles. The molecule has 1 aromatic carbocycles. The van der Waals surface area contributed by atoms with Gasteiger partial charge in [0.05, 0.1) is 12.3 Å². The number of halogens is 5. The first-order valence-electron chi connectivity index (χ1n) is 10.4. The third kappa shape index (κ3) is 4.59. The van der Waals surface area contributed by atoms with Crippen molar-refractivity contribution in [3.63, 3.8) is 0 Å². The van der Waals surface area contributed by atoms with Crippen LogP contribution in [0.1, 0.15) is 42.7 Å². The van der Waals surface area contributed by atoms with Gasteiger partial charge in [-0.3, -0.25) is 9.59 Å². The molecule has 2 amide bonds. The van der Waals surface area contributed by atoms with E-state index in [1.54, 1.807) is 0 Å². The second kappa shape index (κ2) is 9.29. The highest BCUT2D eigenvalue weighted by Gasteiger charge is 2.66. The number of ether oxygens (including phenoxy) is 2. The van der Waals surface area contributed by atoms with E-state index < -0.39 is 64.6 Å². The van der Waals surface area contributed by atoms with Crippen LogP contribution in [0.15, 0.2) is 30.5 Å². The quantitative estimate of drug-likeness (QED) is 0.357. The first-order valence-corrected chi connectivity index (χ1v) is 10.4. The largest absolute Gasteiger partial charge is 0.618 e. The van der Waals surface area contributed by atoms with Crippen molar-refractivity contribution in [1.82, 2.24) is 0 Å². The number of pyridine rings is 1. The highest BCUT2D eigenvalue weighted by Crippen LogP contribution is 2.55. The molecule has 1 fully saturated rings. The van der Waals surface area contributed by atoms with Crippen molar-refractivity contribution in [3.05, 3.63) is 58.6 Å². The van der Waals surface area contributed by atoms with Crippen LogP contribution in [0.25, 0.3) is 0 Å². The summed E-state index contributed by atoms with van der Waals surface area (Å²) in [5.74, 6) is -8.36. The van der Waals surface area contributed by atoms with Gasteiger partial charge in [0.15, 0.2) is 23.4 Å². The number of hydrogen-bond donors (Lipinski definition) is 2. The first kappa shape index (κ1) is 26.1. The number of primary amides is 1. The summed E-state index contributed by atoms with van der Waals surface area (Å²) in [4.78, 5) is 24.5. The van der Waals surface area contributed by atoms with E-state index >= 15 is 0 Å². The number of alkyl halides is 3. The zero-order chi connectivity index (χ0) is 26.3. The van der Waals surface area contributed by atoms with E-state index in [0.717, 1.165) is 37.4 Å². The Hall–Kier alpha value is -3.48. The molecule has 2 heterocycles. The Morgan fingerprint density at radius 3 is 2.51 bits per heavy atom. The molecule has 4 atom stereocenters. The molecule has 0 radical (unpaired) electrons. The Morgan fingerprint density at radius 2 is 1.94 bits per heavy atom. The van der Waals surface area contributed by atoms with Crippen molar-refractivity contribution in [2.45, 2.75) is 44.6 Å². The summed E-state index contributed by atoms with van der Waals surface area (Å²) < 4.78 is 81.1. The van der Waals surface area contributed by atoms with Gasteiger partial charge in [-0.05, 0) is 19.9 Å². The normalized spacial score (nSPS) is 24.3. The SMILES string of the molecule is CCOc1c([C@@H]2[C@@H](C(=O)Nc3cc[n+]([O-])c(C(N)=O)c3)O[C@@](C)(C(F)(F)F)[C@H]2C)ccc(F)c1F. The van der Waals surface area contributed by atoms with Crippen molar-refractivity contribution >= 4 is 17.5 Å². The topological polar surface area (TPSA) is 118 Å². The maximum Gasteiger partial charge on any atom is 0.417 e. The Bertz CT molecular complexity index is 1160. The van der Waals surface area contributed by atoms with Gasteiger partial charge >= 0.3 is 12.1 Å². The molecule has 8 nitrogen and oxygen atoms in total. The summed E-state index contributed by atoms with van der Waals surface area (Å²) >= 11 is 0. The van der Waals surface area contributed by atoms with Gasteiger partial charge in [0.1, 0.15) is 6.10 Å². The van der Waals surface area contributed by atoms with Crippen molar-refractivity contribution in [1.29, 1.82) is 0 Å². The van der Waals surface area contributed by atoms with Crippen LogP contribution in [-0.4, -0.2) is 36.3 Å². The van der Waals surface area contributed by atoms with Crippen LogP contribution in [0.4, 0.5) is 27.6 Å². The van der Waals surface area contributed by atoms with Gasteiger partial charge in [-0.15, -0.1) is 0 Å². The number of carbonyl (C=O) groups is 2. The van der Waals surface area contributed by atoms with E-state index in [-0.39, 0.29) is 22.6 Å². The van der Waals surface area contributed by atoms with Crippen LogP contribution in [0, 0.1) is 22.8 Å². The van der Waals surface area contributed by atoms with Gasteiger partial charge < -0.3 is 25.7 Å². The van der Waals surface area contributed by atoms with E-state index in [1.165, 1.54) is 13.8 Å². The number of anilines is 1. The van der Waals surface area contributed by atoms with Gasteiger partial charge in [0.2, 0.25) is 5.82 Å². The molecule has 0 bridgehead atoms. The molecule has 13 heteroatoms. The average Bonchev–Trinajstić information content (AvgIpc) is 3.05. The molecular formula is C22H22F5N3O5. The number of nitrogens with one attached hydrogen (secondary N) is 1. The van der Waals surface area contributed by atoms with Crippen molar-refractivity contribution < 1.29 is 45.7 Å². The van der Waals surface area contributed by atoms with Crippen LogP contribution in [0.3, 0.4) is 0 Å². The molecule has 35 heavy (non-hydrogen) atoms. The lowest BCUT2D eigenvalue weighted by Gasteiger charge is -2.32. The Labute approximate surface area is 196 Å². The van der Waals surface area contributed by atoms with Crippen LogP contribution in [0.2, 0.25) is 0 Å². The van der Waals surface area contributed by atoms with E-state index in [9.17, 15) is 36.7 Å². The molecule has 1 aromatic heterocycles. The lowest BCUT2D eigenvalue weighted by Crippen LogP contribution is -2.47. The summed E-state index contributed by atoms with van der Waals surface area (Å²) in [5, 5.41) is 14.0. The summed E-state index contributed by atoms with van der Waals surface area (Å²) in [6.07, 6.45) is -5.89.